The third-order valence-corrected chi connectivity index (χ3v) is 3.71. The number of aryl methyl sites for hydroxylation is 2. The Kier molecular flexibility index (Phi) is 4.20. The lowest BCUT2D eigenvalue weighted by atomic mass is 10.1. The van der Waals surface area contributed by atoms with Gasteiger partial charge in [-0.3, -0.25) is 0 Å². The summed E-state index contributed by atoms with van der Waals surface area (Å²) in [5, 5.41) is 4.09. The van der Waals surface area contributed by atoms with Crippen molar-refractivity contribution in [2.24, 2.45) is 5.92 Å². The fraction of sp³-hybridized carbons (Fsp3) is 0.500. The maximum Gasteiger partial charge on any atom is 0.227 e. The standard InChI is InChI=1S/C16H21N3O2/c1-2-20-15(12-7-8-12)16-18-14(21-19-16)9-6-11-4-3-5-13(17)10-11/h3-5,10,12,15H,2,6-9,17H2,1H3. The third-order valence-electron chi connectivity index (χ3n) is 3.71. The molecule has 0 spiro atoms. The lowest BCUT2D eigenvalue weighted by Crippen LogP contribution is -2.08. The lowest BCUT2D eigenvalue weighted by molar-refractivity contribution is 0.0384. The van der Waals surface area contributed by atoms with E-state index < -0.39 is 0 Å². The van der Waals surface area contributed by atoms with Gasteiger partial charge in [0.2, 0.25) is 11.7 Å². The van der Waals surface area contributed by atoms with Crippen molar-refractivity contribution < 1.29 is 9.26 Å². The molecule has 5 nitrogen and oxygen atoms in total. The van der Waals surface area contributed by atoms with Crippen LogP contribution in [-0.2, 0) is 17.6 Å². The Bertz CT molecular complexity index is 593. The molecular weight excluding hydrogens is 266 g/mol. The Morgan fingerprint density at radius 1 is 1.38 bits per heavy atom. The summed E-state index contributed by atoms with van der Waals surface area (Å²) in [6.45, 7) is 2.67. The molecule has 0 bridgehead atoms. The molecule has 1 atom stereocenters. The molecule has 5 heteroatoms. The van der Waals surface area contributed by atoms with Crippen molar-refractivity contribution in [2.45, 2.75) is 38.7 Å². The summed E-state index contributed by atoms with van der Waals surface area (Å²) in [5.74, 6) is 1.92. The van der Waals surface area contributed by atoms with E-state index >= 15 is 0 Å². The number of nitrogens with zero attached hydrogens (tertiary/aromatic N) is 2. The monoisotopic (exact) mass is 287 g/mol. The SMILES string of the molecule is CCOC(c1noc(CCc2cccc(N)c2)n1)C1CC1. The largest absolute Gasteiger partial charge is 0.399 e. The number of ether oxygens (including phenoxy) is 1. The number of hydrogen-bond donors (Lipinski definition) is 1. The minimum absolute atomic E-state index is 0.000121. The average Bonchev–Trinajstić information content (AvgIpc) is 3.21. The summed E-state index contributed by atoms with van der Waals surface area (Å²) in [6.07, 6.45) is 3.95. The minimum Gasteiger partial charge on any atom is -0.399 e. The number of benzene rings is 1. The average molecular weight is 287 g/mol. The Balaban J connectivity index is 1.62. The second kappa shape index (κ2) is 6.26. The second-order valence-electron chi connectivity index (χ2n) is 5.50. The number of aromatic nitrogens is 2. The topological polar surface area (TPSA) is 74.2 Å². The summed E-state index contributed by atoms with van der Waals surface area (Å²) in [7, 11) is 0. The molecule has 1 aromatic heterocycles. The van der Waals surface area contributed by atoms with E-state index in [1.54, 1.807) is 0 Å². The van der Waals surface area contributed by atoms with Gasteiger partial charge >= 0.3 is 0 Å². The van der Waals surface area contributed by atoms with Crippen LogP contribution in [0.15, 0.2) is 28.8 Å². The van der Waals surface area contributed by atoms with E-state index in [0.29, 0.717) is 24.2 Å². The molecule has 1 heterocycles. The van der Waals surface area contributed by atoms with Gasteiger partial charge in [-0.1, -0.05) is 17.3 Å². The maximum atomic E-state index is 5.78. The van der Waals surface area contributed by atoms with Gasteiger partial charge in [-0.05, 0) is 49.8 Å². The fourth-order valence-corrected chi connectivity index (χ4v) is 2.49. The van der Waals surface area contributed by atoms with Gasteiger partial charge in [0.1, 0.15) is 6.10 Å². The first-order chi connectivity index (χ1) is 10.3. The van der Waals surface area contributed by atoms with E-state index in [9.17, 15) is 0 Å². The van der Waals surface area contributed by atoms with E-state index in [4.69, 9.17) is 15.0 Å². The van der Waals surface area contributed by atoms with Gasteiger partial charge in [0.05, 0.1) is 0 Å². The molecule has 1 aromatic carbocycles. The van der Waals surface area contributed by atoms with Crippen LogP contribution in [0.25, 0.3) is 0 Å². The van der Waals surface area contributed by atoms with Crippen molar-refractivity contribution in [1.82, 2.24) is 10.1 Å². The van der Waals surface area contributed by atoms with E-state index in [1.807, 2.05) is 25.1 Å². The Morgan fingerprint density at radius 3 is 2.95 bits per heavy atom. The fourth-order valence-electron chi connectivity index (χ4n) is 2.49. The molecule has 0 amide bonds. The molecule has 2 aromatic rings. The van der Waals surface area contributed by atoms with Crippen molar-refractivity contribution in [1.29, 1.82) is 0 Å². The summed E-state index contributed by atoms with van der Waals surface area (Å²) in [5.41, 5.74) is 7.74. The van der Waals surface area contributed by atoms with Gasteiger partial charge in [0.25, 0.3) is 0 Å². The highest BCUT2D eigenvalue weighted by Gasteiger charge is 2.36. The van der Waals surface area contributed by atoms with Crippen molar-refractivity contribution in [2.75, 3.05) is 12.3 Å². The van der Waals surface area contributed by atoms with E-state index in [-0.39, 0.29) is 6.10 Å². The first-order valence-corrected chi connectivity index (χ1v) is 7.54. The number of hydrogen-bond acceptors (Lipinski definition) is 5. The highest BCUT2D eigenvalue weighted by Crippen LogP contribution is 2.42. The van der Waals surface area contributed by atoms with E-state index in [2.05, 4.69) is 16.2 Å². The third kappa shape index (κ3) is 3.61. The molecule has 1 fully saturated rings. The molecule has 0 saturated heterocycles. The molecule has 1 aliphatic carbocycles. The minimum atomic E-state index is -0.000121. The van der Waals surface area contributed by atoms with Crippen LogP contribution >= 0.6 is 0 Å². The Labute approximate surface area is 124 Å². The number of nitrogen functional groups attached to an aromatic ring is 1. The zero-order chi connectivity index (χ0) is 14.7. The van der Waals surface area contributed by atoms with Crippen molar-refractivity contribution in [3.63, 3.8) is 0 Å². The lowest BCUT2D eigenvalue weighted by Gasteiger charge is -2.10. The van der Waals surface area contributed by atoms with E-state index in [0.717, 1.165) is 18.5 Å². The predicted molar refractivity (Wildman–Crippen MR) is 79.7 cm³/mol. The smallest absolute Gasteiger partial charge is 0.227 e. The quantitative estimate of drug-likeness (QED) is 0.792. The normalized spacial score (nSPS) is 16.0. The molecule has 2 N–H and O–H groups in total. The molecule has 3 rings (SSSR count). The zero-order valence-electron chi connectivity index (χ0n) is 12.3. The first kappa shape index (κ1) is 14.1. The van der Waals surface area contributed by atoms with Crippen LogP contribution in [0.5, 0.6) is 0 Å². The molecule has 1 unspecified atom stereocenters. The number of anilines is 1. The highest BCUT2D eigenvalue weighted by atomic mass is 16.5. The van der Waals surface area contributed by atoms with Crippen LogP contribution in [0.3, 0.4) is 0 Å². The van der Waals surface area contributed by atoms with E-state index in [1.165, 1.54) is 18.4 Å². The summed E-state index contributed by atoms with van der Waals surface area (Å²) in [4.78, 5) is 4.49. The van der Waals surface area contributed by atoms with Crippen molar-refractivity contribution in [3.8, 4) is 0 Å². The Morgan fingerprint density at radius 2 is 2.24 bits per heavy atom. The van der Waals surface area contributed by atoms with Crippen LogP contribution in [-0.4, -0.2) is 16.7 Å². The van der Waals surface area contributed by atoms with Crippen LogP contribution in [0.1, 0.15) is 43.1 Å². The second-order valence-corrected chi connectivity index (χ2v) is 5.50. The molecule has 112 valence electrons. The maximum absolute atomic E-state index is 5.78. The predicted octanol–water partition coefficient (Wildman–Crippen LogP) is 2.92. The summed E-state index contributed by atoms with van der Waals surface area (Å²) >= 11 is 0. The van der Waals surface area contributed by atoms with Gasteiger partial charge in [-0.2, -0.15) is 4.98 Å². The number of rotatable bonds is 7. The Hall–Kier alpha value is -1.88. The van der Waals surface area contributed by atoms with Gasteiger partial charge in [0.15, 0.2) is 0 Å². The van der Waals surface area contributed by atoms with Gasteiger partial charge in [0, 0.05) is 18.7 Å². The summed E-state index contributed by atoms with van der Waals surface area (Å²) < 4.78 is 11.1. The highest BCUT2D eigenvalue weighted by molar-refractivity contribution is 5.40. The van der Waals surface area contributed by atoms with Gasteiger partial charge in [-0.25, -0.2) is 0 Å². The summed E-state index contributed by atoms with van der Waals surface area (Å²) in [6, 6.07) is 7.88. The van der Waals surface area contributed by atoms with Crippen molar-refractivity contribution in [3.05, 3.63) is 41.5 Å². The zero-order valence-corrected chi connectivity index (χ0v) is 12.3. The molecule has 21 heavy (non-hydrogen) atoms. The van der Waals surface area contributed by atoms with Gasteiger partial charge < -0.3 is 15.0 Å². The first-order valence-electron chi connectivity index (χ1n) is 7.54. The van der Waals surface area contributed by atoms with Crippen LogP contribution in [0, 0.1) is 5.92 Å². The van der Waals surface area contributed by atoms with Crippen LogP contribution < -0.4 is 5.73 Å². The molecule has 1 saturated carbocycles. The molecule has 0 radical (unpaired) electrons. The van der Waals surface area contributed by atoms with Gasteiger partial charge in [-0.15, -0.1) is 0 Å². The van der Waals surface area contributed by atoms with Crippen LogP contribution in [0.4, 0.5) is 5.69 Å². The van der Waals surface area contributed by atoms with Crippen molar-refractivity contribution >= 4 is 5.69 Å². The molecule has 1 aliphatic rings. The molecule has 0 aliphatic heterocycles. The number of nitrogens with two attached hydrogens (primary N) is 1. The molecular formula is C16H21N3O2. The van der Waals surface area contributed by atoms with Crippen LogP contribution in [0.2, 0.25) is 0 Å².